The molecule has 0 spiro atoms. The molecule has 0 amide bonds. The van der Waals surface area contributed by atoms with Gasteiger partial charge in [0.2, 0.25) is 0 Å². The van der Waals surface area contributed by atoms with Crippen LogP contribution in [-0.2, 0) is 6.42 Å². The molecule has 0 saturated heterocycles. The number of hydrogen-bond donors (Lipinski definition) is 1. The topological polar surface area (TPSA) is 56.6 Å². The van der Waals surface area contributed by atoms with Crippen LogP contribution in [0.1, 0.15) is 35.7 Å². The normalized spacial score (nSPS) is 9.86. The lowest BCUT2D eigenvalue weighted by Crippen LogP contribution is -2.16. The molecule has 0 aliphatic carbocycles. The quantitative estimate of drug-likeness (QED) is 0.773. The SMILES string of the molecule is CCCc1c(C)[nH]c(=O)c(C#N)c1C. The van der Waals surface area contributed by atoms with Gasteiger partial charge in [0.05, 0.1) is 0 Å². The lowest BCUT2D eigenvalue weighted by Gasteiger charge is -2.08. The minimum absolute atomic E-state index is 0.249. The Morgan fingerprint density at radius 3 is 2.57 bits per heavy atom. The van der Waals surface area contributed by atoms with Crippen LogP contribution in [0.2, 0.25) is 0 Å². The molecular weight excluding hydrogens is 176 g/mol. The molecule has 0 aliphatic heterocycles. The molecule has 1 aromatic heterocycles. The zero-order valence-corrected chi connectivity index (χ0v) is 8.77. The van der Waals surface area contributed by atoms with Gasteiger partial charge < -0.3 is 4.98 Å². The maximum absolute atomic E-state index is 11.4. The summed E-state index contributed by atoms with van der Waals surface area (Å²) in [4.78, 5) is 14.1. The van der Waals surface area contributed by atoms with Gasteiger partial charge in [0.25, 0.3) is 5.56 Å². The molecule has 1 rings (SSSR count). The molecule has 0 atom stereocenters. The first-order chi connectivity index (χ1) is 6.61. The molecule has 0 aliphatic rings. The van der Waals surface area contributed by atoms with E-state index in [0.29, 0.717) is 0 Å². The fourth-order valence-electron chi connectivity index (χ4n) is 1.67. The van der Waals surface area contributed by atoms with E-state index in [4.69, 9.17) is 5.26 Å². The van der Waals surface area contributed by atoms with E-state index in [1.807, 2.05) is 19.9 Å². The number of aryl methyl sites for hydroxylation is 1. The third-order valence-corrected chi connectivity index (χ3v) is 2.42. The molecule has 0 aromatic carbocycles. The molecule has 0 fully saturated rings. The van der Waals surface area contributed by atoms with Gasteiger partial charge >= 0.3 is 0 Å². The van der Waals surface area contributed by atoms with Crippen molar-refractivity contribution in [2.75, 3.05) is 0 Å². The van der Waals surface area contributed by atoms with Crippen molar-refractivity contribution in [2.45, 2.75) is 33.6 Å². The summed E-state index contributed by atoms with van der Waals surface area (Å²) in [5.74, 6) is 0. The summed E-state index contributed by atoms with van der Waals surface area (Å²) in [6, 6.07) is 1.95. The van der Waals surface area contributed by atoms with Crippen molar-refractivity contribution >= 4 is 0 Å². The highest BCUT2D eigenvalue weighted by Crippen LogP contribution is 2.14. The van der Waals surface area contributed by atoms with Crippen molar-refractivity contribution in [1.29, 1.82) is 5.26 Å². The number of aromatic amines is 1. The zero-order chi connectivity index (χ0) is 10.7. The molecule has 1 aromatic rings. The van der Waals surface area contributed by atoms with E-state index in [2.05, 4.69) is 11.9 Å². The lowest BCUT2D eigenvalue weighted by atomic mass is 10.00. The summed E-state index contributed by atoms with van der Waals surface area (Å²) in [6.07, 6.45) is 1.92. The van der Waals surface area contributed by atoms with Crippen LogP contribution < -0.4 is 5.56 Å². The third-order valence-electron chi connectivity index (χ3n) is 2.42. The van der Waals surface area contributed by atoms with Crippen LogP contribution in [-0.4, -0.2) is 4.98 Å². The molecule has 0 unspecified atom stereocenters. The molecule has 74 valence electrons. The predicted octanol–water partition coefficient (Wildman–Crippen LogP) is 1.82. The van der Waals surface area contributed by atoms with E-state index in [0.717, 1.165) is 29.7 Å². The molecule has 3 nitrogen and oxygen atoms in total. The van der Waals surface area contributed by atoms with Gasteiger partial charge in [-0.1, -0.05) is 13.3 Å². The number of pyridine rings is 1. The highest BCUT2D eigenvalue weighted by Gasteiger charge is 2.10. The molecule has 14 heavy (non-hydrogen) atoms. The minimum Gasteiger partial charge on any atom is -0.325 e. The van der Waals surface area contributed by atoms with Gasteiger partial charge in [0.15, 0.2) is 0 Å². The Bertz CT molecular complexity index is 438. The smallest absolute Gasteiger partial charge is 0.266 e. The van der Waals surface area contributed by atoms with Crippen LogP contribution in [0.25, 0.3) is 0 Å². The van der Waals surface area contributed by atoms with E-state index in [9.17, 15) is 4.79 Å². The van der Waals surface area contributed by atoms with Gasteiger partial charge in [0.1, 0.15) is 11.6 Å². The Morgan fingerprint density at radius 1 is 1.43 bits per heavy atom. The monoisotopic (exact) mass is 190 g/mol. The van der Waals surface area contributed by atoms with E-state index < -0.39 is 0 Å². The van der Waals surface area contributed by atoms with Crippen molar-refractivity contribution in [2.24, 2.45) is 0 Å². The molecular formula is C11H14N2O. The maximum Gasteiger partial charge on any atom is 0.266 e. The zero-order valence-electron chi connectivity index (χ0n) is 8.77. The van der Waals surface area contributed by atoms with Crippen LogP contribution in [0.5, 0.6) is 0 Å². The van der Waals surface area contributed by atoms with Gasteiger partial charge in [-0.2, -0.15) is 5.26 Å². The first-order valence-electron chi connectivity index (χ1n) is 4.74. The van der Waals surface area contributed by atoms with Gasteiger partial charge in [0, 0.05) is 5.69 Å². The largest absolute Gasteiger partial charge is 0.325 e. The van der Waals surface area contributed by atoms with Crippen molar-refractivity contribution in [3.63, 3.8) is 0 Å². The molecule has 0 saturated carbocycles. The number of nitriles is 1. The summed E-state index contributed by atoms with van der Waals surface area (Å²) < 4.78 is 0. The summed E-state index contributed by atoms with van der Waals surface area (Å²) in [7, 11) is 0. The van der Waals surface area contributed by atoms with Gasteiger partial charge in [-0.3, -0.25) is 4.79 Å². The highest BCUT2D eigenvalue weighted by molar-refractivity contribution is 5.41. The number of H-pyrrole nitrogens is 1. The molecule has 3 heteroatoms. The Hall–Kier alpha value is -1.56. The number of rotatable bonds is 2. The highest BCUT2D eigenvalue weighted by atomic mass is 16.1. The van der Waals surface area contributed by atoms with E-state index in [1.165, 1.54) is 0 Å². The van der Waals surface area contributed by atoms with Crippen LogP contribution >= 0.6 is 0 Å². The van der Waals surface area contributed by atoms with Crippen LogP contribution in [0.4, 0.5) is 0 Å². The van der Waals surface area contributed by atoms with E-state index >= 15 is 0 Å². The first kappa shape index (κ1) is 10.5. The van der Waals surface area contributed by atoms with E-state index in [-0.39, 0.29) is 11.1 Å². The fourth-order valence-corrected chi connectivity index (χ4v) is 1.67. The first-order valence-corrected chi connectivity index (χ1v) is 4.74. The van der Waals surface area contributed by atoms with E-state index in [1.54, 1.807) is 0 Å². The van der Waals surface area contributed by atoms with Crippen LogP contribution in [0.15, 0.2) is 4.79 Å². The number of nitrogens with one attached hydrogen (secondary N) is 1. The van der Waals surface area contributed by atoms with Crippen molar-refractivity contribution in [3.8, 4) is 6.07 Å². The van der Waals surface area contributed by atoms with Gasteiger partial charge in [-0.15, -0.1) is 0 Å². The molecule has 0 bridgehead atoms. The van der Waals surface area contributed by atoms with Gasteiger partial charge in [-0.25, -0.2) is 0 Å². The Labute approximate surface area is 83.4 Å². The Morgan fingerprint density at radius 2 is 2.07 bits per heavy atom. The average Bonchev–Trinajstić information content (AvgIpc) is 2.12. The second-order valence-electron chi connectivity index (χ2n) is 3.42. The summed E-state index contributed by atoms with van der Waals surface area (Å²) in [6.45, 7) is 5.79. The standard InChI is InChI=1S/C11H14N2O/c1-4-5-9-7(2)10(6-12)11(14)13-8(9)3/h4-5H2,1-3H3,(H,13,14). The number of hydrogen-bond acceptors (Lipinski definition) is 2. The van der Waals surface area contributed by atoms with Crippen LogP contribution in [0, 0.1) is 25.2 Å². The number of aromatic nitrogens is 1. The van der Waals surface area contributed by atoms with Crippen molar-refractivity contribution in [1.82, 2.24) is 4.98 Å². The third kappa shape index (κ3) is 1.69. The number of nitrogens with zero attached hydrogens (tertiary/aromatic N) is 1. The van der Waals surface area contributed by atoms with Gasteiger partial charge in [-0.05, 0) is 31.4 Å². The second kappa shape index (κ2) is 4.10. The maximum atomic E-state index is 11.4. The van der Waals surface area contributed by atoms with Crippen molar-refractivity contribution < 1.29 is 0 Å². The Balaban J connectivity index is 3.46. The summed E-state index contributed by atoms with van der Waals surface area (Å²) in [5, 5.41) is 8.81. The Kier molecular flexibility index (Phi) is 3.08. The minimum atomic E-state index is -0.276. The molecule has 1 heterocycles. The lowest BCUT2D eigenvalue weighted by molar-refractivity contribution is 0.880. The summed E-state index contributed by atoms with van der Waals surface area (Å²) in [5.41, 5.74) is 2.79. The van der Waals surface area contributed by atoms with Crippen molar-refractivity contribution in [3.05, 3.63) is 32.7 Å². The van der Waals surface area contributed by atoms with Crippen LogP contribution in [0.3, 0.4) is 0 Å². The fraction of sp³-hybridized carbons (Fsp3) is 0.455. The average molecular weight is 190 g/mol. The molecule has 0 radical (unpaired) electrons. The summed E-state index contributed by atoms with van der Waals surface area (Å²) >= 11 is 0. The predicted molar refractivity (Wildman–Crippen MR) is 55.2 cm³/mol. The second-order valence-corrected chi connectivity index (χ2v) is 3.42. The molecule has 1 N–H and O–H groups in total.